The Morgan fingerprint density at radius 1 is 1.03 bits per heavy atom. The predicted molar refractivity (Wildman–Crippen MR) is 128 cm³/mol. The molecule has 10 nitrogen and oxygen atoms in total. The zero-order valence-electron chi connectivity index (χ0n) is 18.9. The van der Waals surface area contributed by atoms with E-state index in [-0.39, 0.29) is 28.4 Å². The van der Waals surface area contributed by atoms with Crippen molar-refractivity contribution in [2.45, 2.75) is 18.2 Å². The van der Waals surface area contributed by atoms with Crippen LogP contribution in [0.15, 0.2) is 47.5 Å². The van der Waals surface area contributed by atoms with Crippen LogP contribution < -0.4 is 9.86 Å². The average molecular weight is 554 g/mol. The van der Waals surface area contributed by atoms with Gasteiger partial charge >= 0.3 is 0 Å². The molecule has 0 fully saturated rings. The van der Waals surface area contributed by atoms with Gasteiger partial charge < -0.3 is 0 Å². The highest BCUT2D eigenvalue weighted by Crippen LogP contribution is 2.30. The summed E-state index contributed by atoms with van der Waals surface area (Å²) < 4.78 is 92.8. The lowest BCUT2D eigenvalue weighted by molar-refractivity contribution is 0.102. The highest BCUT2D eigenvalue weighted by atomic mass is 32.2. The minimum absolute atomic E-state index is 0.0502. The number of aromatic nitrogens is 3. The number of nitrogens with two attached hydrogens (primary N) is 1. The number of rotatable bonds is 8. The summed E-state index contributed by atoms with van der Waals surface area (Å²) in [6.07, 6.45) is 1.53. The van der Waals surface area contributed by atoms with Crippen molar-refractivity contribution in [2.75, 3.05) is 10.5 Å². The number of fused-ring (bicyclic) bond motifs is 1. The topological polar surface area (TPSA) is 165 Å². The molecular weight excluding hydrogens is 535 g/mol. The van der Waals surface area contributed by atoms with E-state index < -0.39 is 66.0 Å². The number of primary sulfonamides is 1. The van der Waals surface area contributed by atoms with Crippen LogP contribution in [0.4, 0.5) is 18.9 Å². The Kier molecular flexibility index (Phi) is 6.79. The van der Waals surface area contributed by atoms with Gasteiger partial charge in [-0.1, -0.05) is 19.1 Å². The first-order valence-corrected chi connectivity index (χ1v) is 13.7. The lowest BCUT2D eigenvalue weighted by Crippen LogP contribution is -2.20. The summed E-state index contributed by atoms with van der Waals surface area (Å²) >= 11 is 0. The van der Waals surface area contributed by atoms with Crippen LogP contribution in [0.5, 0.6) is 0 Å². The first kappa shape index (κ1) is 26.2. The molecule has 0 aliphatic heterocycles. The van der Waals surface area contributed by atoms with Gasteiger partial charge in [0.2, 0.25) is 25.8 Å². The van der Waals surface area contributed by atoms with E-state index in [0.717, 1.165) is 0 Å². The fourth-order valence-corrected chi connectivity index (χ4v) is 5.21. The molecular formula is C22H18F3N5O5S2. The summed E-state index contributed by atoms with van der Waals surface area (Å²) in [6.45, 7) is 1.53. The van der Waals surface area contributed by atoms with Crippen LogP contribution in [0.25, 0.3) is 22.2 Å². The second-order valence-electron chi connectivity index (χ2n) is 7.92. The maximum Gasteiger partial charge on any atom is 0.238 e. The van der Waals surface area contributed by atoms with E-state index in [4.69, 9.17) is 5.14 Å². The summed E-state index contributed by atoms with van der Waals surface area (Å²) in [4.78, 5) is 17.1. The fraction of sp³-hybridized carbons (Fsp3) is 0.136. The number of H-pyrrole nitrogens is 1. The molecule has 0 bridgehead atoms. The Morgan fingerprint density at radius 3 is 2.32 bits per heavy atom. The number of hydrogen-bond donors (Lipinski definition) is 3. The number of carbonyl (C=O) groups is 1. The maximum absolute atomic E-state index is 15.1. The molecule has 2 aromatic carbocycles. The van der Waals surface area contributed by atoms with E-state index in [0.29, 0.717) is 11.1 Å². The number of benzene rings is 2. The predicted octanol–water partition coefficient (Wildman–Crippen LogP) is 3.07. The summed E-state index contributed by atoms with van der Waals surface area (Å²) in [5.74, 6) is -6.58. The van der Waals surface area contributed by atoms with E-state index in [1.165, 1.54) is 43.5 Å². The van der Waals surface area contributed by atoms with Gasteiger partial charge in [-0.3, -0.25) is 14.6 Å². The number of sulfonamides is 2. The third kappa shape index (κ3) is 5.19. The maximum atomic E-state index is 15.1. The molecule has 4 aromatic rings. The molecule has 4 N–H and O–H groups in total. The quantitative estimate of drug-likeness (QED) is 0.282. The van der Waals surface area contributed by atoms with E-state index in [9.17, 15) is 30.4 Å². The molecule has 37 heavy (non-hydrogen) atoms. The number of nitrogens with zero attached hydrogens (tertiary/aromatic N) is 2. The van der Waals surface area contributed by atoms with Gasteiger partial charge in [-0.05, 0) is 30.2 Å². The van der Waals surface area contributed by atoms with E-state index in [2.05, 4.69) is 15.2 Å². The first-order chi connectivity index (χ1) is 17.3. The highest BCUT2D eigenvalue weighted by Gasteiger charge is 2.29. The third-order valence-corrected chi connectivity index (χ3v) is 7.67. The number of carbonyl (C=O) groups excluding carboxylic acids is 1. The molecule has 0 saturated carbocycles. The van der Waals surface area contributed by atoms with Gasteiger partial charge in [0.1, 0.15) is 17.2 Å². The standard InChI is InChI=1S/C22H18F3N5O5S2/c1-2-7-36(32,33)30-20-16(24)9-15(23)17(18(20)25)21(31)19-14-8-12(10-27-22(14)29-28-19)11-3-5-13(6-4-11)37(26,34)35/h3-6,8-10,30H,2,7H2,1H3,(H2,26,34,35)(H,27,28,29). The number of nitrogens with one attached hydrogen (secondary N) is 2. The van der Waals surface area contributed by atoms with Crippen molar-refractivity contribution < 1.29 is 34.8 Å². The third-order valence-electron chi connectivity index (χ3n) is 5.28. The van der Waals surface area contributed by atoms with Crippen molar-refractivity contribution >= 4 is 42.6 Å². The molecule has 0 unspecified atom stereocenters. The van der Waals surface area contributed by atoms with Crippen molar-refractivity contribution in [1.29, 1.82) is 0 Å². The number of ketones is 1. The van der Waals surface area contributed by atoms with Gasteiger partial charge in [-0.15, -0.1) is 0 Å². The summed E-state index contributed by atoms with van der Waals surface area (Å²) in [6, 6.07) is 7.04. The molecule has 0 atom stereocenters. The lowest BCUT2D eigenvalue weighted by Gasteiger charge is -2.12. The van der Waals surface area contributed by atoms with Crippen LogP contribution in [-0.4, -0.2) is 43.6 Å². The summed E-state index contributed by atoms with van der Waals surface area (Å²) in [5.41, 5.74) is -1.90. The zero-order valence-corrected chi connectivity index (χ0v) is 20.6. The van der Waals surface area contributed by atoms with Gasteiger partial charge in [0.15, 0.2) is 17.3 Å². The second-order valence-corrected chi connectivity index (χ2v) is 11.3. The number of halogens is 3. The van der Waals surface area contributed by atoms with E-state index >= 15 is 4.39 Å². The highest BCUT2D eigenvalue weighted by molar-refractivity contribution is 7.92. The first-order valence-electron chi connectivity index (χ1n) is 10.5. The molecule has 0 radical (unpaired) electrons. The largest absolute Gasteiger partial charge is 0.287 e. The van der Waals surface area contributed by atoms with Crippen molar-refractivity contribution in [3.8, 4) is 11.1 Å². The minimum Gasteiger partial charge on any atom is -0.287 e. The summed E-state index contributed by atoms with van der Waals surface area (Å²) in [5, 5.41) is 11.4. The normalized spacial score (nSPS) is 12.1. The van der Waals surface area contributed by atoms with E-state index in [1.54, 1.807) is 4.72 Å². The van der Waals surface area contributed by atoms with Gasteiger partial charge in [-0.25, -0.2) is 40.1 Å². The monoisotopic (exact) mass is 553 g/mol. The Labute approximate surface area is 208 Å². The average Bonchev–Trinajstić information content (AvgIpc) is 3.24. The number of aromatic amines is 1. The van der Waals surface area contributed by atoms with Gasteiger partial charge in [-0.2, -0.15) is 5.10 Å². The van der Waals surface area contributed by atoms with Crippen LogP contribution in [-0.2, 0) is 20.0 Å². The minimum atomic E-state index is -4.16. The van der Waals surface area contributed by atoms with Crippen LogP contribution in [0.3, 0.4) is 0 Å². The van der Waals surface area contributed by atoms with Crippen LogP contribution in [0.1, 0.15) is 29.4 Å². The van der Waals surface area contributed by atoms with Gasteiger partial charge in [0.05, 0.1) is 21.6 Å². The number of hydrogen-bond acceptors (Lipinski definition) is 7. The Morgan fingerprint density at radius 2 is 1.70 bits per heavy atom. The number of pyridine rings is 1. The molecule has 2 heterocycles. The molecule has 0 amide bonds. The molecule has 194 valence electrons. The molecule has 0 saturated heterocycles. The van der Waals surface area contributed by atoms with Crippen molar-refractivity contribution in [1.82, 2.24) is 15.2 Å². The molecule has 0 aliphatic rings. The molecule has 15 heteroatoms. The van der Waals surface area contributed by atoms with Crippen LogP contribution in [0, 0.1) is 17.5 Å². The Balaban J connectivity index is 1.79. The Hall–Kier alpha value is -3.82. The summed E-state index contributed by atoms with van der Waals surface area (Å²) in [7, 11) is -8.08. The van der Waals surface area contributed by atoms with Crippen LogP contribution in [0.2, 0.25) is 0 Å². The molecule has 2 aromatic heterocycles. The molecule has 4 rings (SSSR count). The zero-order chi connectivity index (χ0) is 27.1. The van der Waals surface area contributed by atoms with Crippen molar-refractivity contribution in [2.24, 2.45) is 5.14 Å². The number of anilines is 1. The fourth-order valence-electron chi connectivity index (χ4n) is 3.56. The molecule has 0 spiro atoms. The SMILES string of the molecule is CCCS(=O)(=O)Nc1c(F)cc(F)c(C(=O)c2n[nH]c3ncc(-c4ccc(S(N)(=O)=O)cc4)cc23)c1F. The van der Waals surface area contributed by atoms with Crippen molar-refractivity contribution in [3.63, 3.8) is 0 Å². The van der Waals surface area contributed by atoms with Gasteiger partial charge in [0, 0.05) is 17.8 Å². The second kappa shape index (κ2) is 9.57. The Bertz CT molecular complexity index is 1760. The lowest BCUT2D eigenvalue weighted by atomic mass is 10.0. The molecule has 0 aliphatic carbocycles. The van der Waals surface area contributed by atoms with Crippen molar-refractivity contribution in [3.05, 3.63) is 71.3 Å². The van der Waals surface area contributed by atoms with Gasteiger partial charge in [0.25, 0.3) is 0 Å². The smallest absolute Gasteiger partial charge is 0.238 e. The van der Waals surface area contributed by atoms with E-state index in [1.807, 2.05) is 0 Å². The van der Waals surface area contributed by atoms with Crippen LogP contribution >= 0.6 is 0 Å².